The minimum atomic E-state index is -0.281. The summed E-state index contributed by atoms with van der Waals surface area (Å²) in [6, 6.07) is 0. The van der Waals surface area contributed by atoms with E-state index in [4.69, 9.17) is 9.47 Å². The van der Waals surface area contributed by atoms with E-state index >= 15 is 0 Å². The molecule has 0 radical (unpaired) electrons. The van der Waals surface area contributed by atoms with Crippen LogP contribution in [-0.4, -0.2) is 87.4 Å². The molecule has 0 N–H and O–H groups in total. The van der Waals surface area contributed by atoms with Gasteiger partial charge < -0.3 is 19.1 Å². The molecule has 2 rings (SSSR count). The molecule has 20 heavy (non-hydrogen) atoms. The summed E-state index contributed by atoms with van der Waals surface area (Å²) in [5, 5.41) is 0. The fourth-order valence-electron chi connectivity index (χ4n) is 2.42. The number of nitrogens with zero attached hydrogens (tertiary/aromatic N) is 2. The van der Waals surface area contributed by atoms with Crippen molar-refractivity contribution in [2.24, 2.45) is 0 Å². The van der Waals surface area contributed by atoms with Crippen molar-refractivity contribution >= 4 is 11.9 Å². The number of rotatable bonds is 4. The van der Waals surface area contributed by atoms with Crippen molar-refractivity contribution in [3.8, 4) is 0 Å². The Kier molecular flexibility index (Phi) is 5.75. The topological polar surface area (TPSA) is 68.3 Å². The summed E-state index contributed by atoms with van der Waals surface area (Å²) in [6.07, 6.45) is 0.0485. The maximum atomic E-state index is 12.1. The molecule has 2 aliphatic rings. The van der Waals surface area contributed by atoms with Gasteiger partial charge in [-0.2, -0.15) is 0 Å². The average Bonchev–Trinajstić information content (AvgIpc) is 2.48. The van der Waals surface area contributed by atoms with Crippen molar-refractivity contribution in [3.05, 3.63) is 0 Å². The quantitative estimate of drug-likeness (QED) is 0.625. The maximum absolute atomic E-state index is 12.1. The number of hydrogen-bond donors (Lipinski definition) is 0. The number of methoxy groups -OCH3 is 1. The Morgan fingerprint density at radius 1 is 1.20 bits per heavy atom. The number of morpholine rings is 2. The van der Waals surface area contributed by atoms with Crippen molar-refractivity contribution in [1.29, 1.82) is 0 Å². The highest BCUT2D eigenvalue weighted by atomic mass is 16.5. The summed E-state index contributed by atoms with van der Waals surface area (Å²) in [5.74, 6) is -0.164. The van der Waals surface area contributed by atoms with Crippen LogP contribution in [0.25, 0.3) is 0 Å². The molecular weight excluding hydrogens is 264 g/mol. The van der Waals surface area contributed by atoms with Gasteiger partial charge in [-0.3, -0.25) is 14.5 Å². The number of esters is 1. The molecule has 0 spiro atoms. The fraction of sp³-hybridized carbons (Fsp3) is 0.846. The van der Waals surface area contributed by atoms with E-state index in [1.807, 2.05) is 9.80 Å². The van der Waals surface area contributed by atoms with Crippen LogP contribution in [0.3, 0.4) is 0 Å². The molecule has 0 aromatic rings. The van der Waals surface area contributed by atoms with Crippen LogP contribution in [0.15, 0.2) is 0 Å². The number of amides is 1. The molecule has 0 saturated carbocycles. The van der Waals surface area contributed by atoms with Gasteiger partial charge in [0.1, 0.15) is 0 Å². The van der Waals surface area contributed by atoms with E-state index in [1.54, 1.807) is 0 Å². The summed E-state index contributed by atoms with van der Waals surface area (Å²) in [4.78, 5) is 27.3. The lowest BCUT2D eigenvalue weighted by Crippen LogP contribution is -2.50. The molecule has 0 aromatic heterocycles. The fourth-order valence-corrected chi connectivity index (χ4v) is 2.42. The van der Waals surface area contributed by atoms with Crippen LogP contribution >= 0.6 is 0 Å². The van der Waals surface area contributed by atoms with Crippen molar-refractivity contribution in [1.82, 2.24) is 9.80 Å². The van der Waals surface area contributed by atoms with Crippen LogP contribution in [0, 0.1) is 0 Å². The molecule has 2 heterocycles. The van der Waals surface area contributed by atoms with Crippen molar-refractivity contribution in [2.45, 2.75) is 12.5 Å². The monoisotopic (exact) mass is 286 g/mol. The SMILES string of the molecule is COC(=O)CC1CN(CC(=O)N2CCOCC2)CCO1. The number of carbonyl (C=O) groups excluding carboxylic acids is 2. The first-order valence-corrected chi connectivity index (χ1v) is 6.95. The van der Waals surface area contributed by atoms with E-state index in [9.17, 15) is 9.59 Å². The van der Waals surface area contributed by atoms with Gasteiger partial charge in [-0.1, -0.05) is 0 Å². The lowest BCUT2D eigenvalue weighted by Gasteiger charge is -2.34. The first kappa shape index (κ1) is 15.2. The summed E-state index contributed by atoms with van der Waals surface area (Å²) >= 11 is 0. The number of ether oxygens (including phenoxy) is 3. The van der Waals surface area contributed by atoms with Gasteiger partial charge >= 0.3 is 5.97 Å². The van der Waals surface area contributed by atoms with Gasteiger partial charge in [0, 0.05) is 26.2 Å². The second-order valence-electron chi connectivity index (χ2n) is 5.00. The Bertz CT molecular complexity index is 344. The number of carbonyl (C=O) groups is 2. The maximum Gasteiger partial charge on any atom is 0.308 e. The predicted molar refractivity (Wildman–Crippen MR) is 70.2 cm³/mol. The van der Waals surface area contributed by atoms with Crippen LogP contribution in [0.2, 0.25) is 0 Å². The summed E-state index contributed by atoms with van der Waals surface area (Å²) in [6.45, 7) is 4.77. The van der Waals surface area contributed by atoms with Crippen molar-refractivity contribution < 1.29 is 23.8 Å². The van der Waals surface area contributed by atoms with Crippen LogP contribution in [-0.2, 0) is 23.8 Å². The third-order valence-corrected chi connectivity index (χ3v) is 3.57. The molecule has 1 atom stereocenters. The van der Waals surface area contributed by atoms with Gasteiger partial charge in [-0.25, -0.2) is 0 Å². The van der Waals surface area contributed by atoms with E-state index in [2.05, 4.69) is 4.74 Å². The minimum absolute atomic E-state index is 0.118. The van der Waals surface area contributed by atoms with Gasteiger partial charge in [0.2, 0.25) is 5.91 Å². The molecule has 2 saturated heterocycles. The van der Waals surface area contributed by atoms with E-state index in [1.165, 1.54) is 7.11 Å². The van der Waals surface area contributed by atoms with Crippen molar-refractivity contribution in [2.75, 3.05) is 59.7 Å². The second kappa shape index (κ2) is 7.56. The van der Waals surface area contributed by atoms with Gasteiger partial charge in [-0.05, 0) is 0 Å². The number of hydrogen-bond acceptors (Lipinski definition) is 6. The molecule has 2 aliphatic heterocycles. The Morgan fingerprint density at radius 2 is 1.95 bits per heavy atom. The summed E-state index contributed by atoms with van der Waals surface area (Å²) in [5.41, 5.74) is 0. The van der Waals surface area contributed by atoms with Gasteiger partial charge in [0.25, 0.3) is 0 Å². The van der Waals surface area contributed by atoms with Crippen LogP contribution in [0.1, 0.15) is 6.42 Å². The Labute approximate surface area is 118 Å². The minimum Gasteiger partial charge on any atom is -0.469 e. The molecule has 1 amide bonds. The third kappa shape index (κ3) is 4.43. The van der Waals surface area contributed by atoms with E-state index in [0.717, 1.165) is 0 Å². The van der Waals surface area contributed by atoms with Gasteiger partial charge in [-0.15, -0.1) is 0 Å². The molecule has 114 valence electrons. The Morgan fingerprint density at radius 3 is 2.65 bits per heavy atom. The summed E-state index contributed by atoms with van der Waals surface area (Å²) < 4.78 is 15.4. The highest BCUT2D eigenvalue weighted by molar-refractivity contribution is 5.78. The molecule has 0 aromatic carbocycles. The molecule has 1 unspecified atom stereocenters. The first-order chi connectivity index (χ1) is 9.69. The highest BCUT2D eigenvalue weighted by Crippen LogP contribution is 2.10. The van der Waals surface area contributed by atoms with Gasteiger partial charge in [0.05, 0.1) is 46.0 Å². The van der Waals surface area contributed by atoms with Crippen LogP contribution < -0.4 is 0 Å². The highest BCUT2D eigenvalue weighted by Gasteiger charge is 2.26. The normalized spacial score (nSPS) is 24.4. The van der Waals surface area contributed by atoms with E-state index in [-0.39, 0.29) is 24.4 Å². The first-order valence-electron chi connectivity index (χ1n) is 6.95. The largest absolute Gasteiger partial charge is 0.469 e. The average molecular weight is 286 g/mol. The molecular formula is C13H22N2O5. The molecule has 7 heteroatoms. The molecule has 0 bridgehead atoms. The molecule has 2 fully saturated rings. The second-order valence-corrected chi connectivity index (χ2v) is 5.00. The van der Waals surface area contributed by atoms with Crippen molar-refractivity contribution in [3.63, 3.8) is 0 Å². The Hall–Kier alpha value is -1.18. The van der Waals surface area contributed by atoms with E-state index < -0.39 is 0 Å². The lowest BCUT2D eigenvalue weighted by atomic mass is 10.2. The molecule has 7 nitrogen and oxygen atoms in total. The summed E-state index contributed by atoms with van der Waals surface area (Å²) in [7, 11) is 1.37. The van der Waals surface area contributed by atoms with Crippen LogP contribution in [0.5, 0.6) is 0 Å². The zero-order chi connectivity index (χ0) is 14.4. The lowest BCUT2D eigenvalue weighted by molar-refractivity contribution is -0.146. The van der Waals surface area contributed by atoms with Crippen LogP contribution in [0.4, 0.5) is 0 Å². The Balaban J connectivity index is 1.77. The van der Waals surface area contributed by atoms with Gasteiger partial charge in [0.15, 0.2) is 0 Å². The van der Waals surface area contributed by atoms with E-state index in [0.29, 0.717) is 52.5 Å². The smallest absolute Gasteiger partial charge is 0.308 e. The molecule has 0 aliphatic carbocycles. The third-order valence-electron chi connectivity index (χ3n) is 3.57. The predicted octanol–water partition coefficient (Wildman–Crippen LogP) is -0.891. The standard InChI is InChI=1S/C13H22N2O5/c1-18-13(17)8-11-9-14(2-7-20-11)10-12(16)15-3-5-19-6-4-15/h11H,2-10H2,1H3. The zero-order valence-electron chi connectivity index (χ0n) is 11.9. The zero-order valence-corrected chi connectivity index (χ0v) is 11.9.